The van der Waals surface area contributed by atoms with Gasteiger partial charge in [0.15, 0.2) is 5.11 Å². The number of quaternary nitrogens is 1. The Bertz CT molecular complexity index is 788. The molecule has 0 aliphatic carbocycles. The Labute approximate surface area is 169 Å². The van der Waals surface area contributed by atoms with Gasteiger partial charge in [-0.25, -0.2) is 4.79 Å². The van der Waals surface area contributed by atoms with Gasteiger partial charge in [0.1, 0.15) is 6.54 Å². The molecule has 5 nitrogen and oxygen atoms in total. The zero-order chi connectivity index (χ0) is 19.2. The van der Waals surface area contributed by atoms with Crippen molar-refractivity contribution in [3.8, 4) is 0 Å². The first-order valence-corrected chi connectivity index (χ1v) is 9.66. The van der Waals surface area contributed by atoms with Crippen LogP contribution in [0.3, 0.4) is 0 Å². The molecule has 1 aliphatic rings. The second kappa shape index (κ2) is 9.17. The summed E-state index contributed by atoms with van der Waals surface area (Å²) in [5, 5.41) is 4.73. The third-order valence-electron chi connectivity index (χ3n) is 4.68. The van der Waals surface area contributed by atoms with Gasteiger partial charge in [-0.2, -0.15) is 0 Å². The van der Waals surface area contributed by atoms with Crippen LogP contribution in [-0.2, 0) is 11.3 Å². The van der Waals surface area contributed by atoms with Crippen LogP contribution in [-0.4, -0.2) is 49.3 Å². The highest BCUT2D eigenvalue weighted by Gasteiger charge is 2.22. The van der Waals surface area contributed by atoms with E-state index in [9.17, 15) is 4.79 Å². The maximum atomic E-state index is 11.5. The second-order valence-corrected chi connectivity index (χ2v) is 7.36. The van der Waals surface area contributed by atoms with Gasteiger partial charge >= 0.3 is 5.97 Å². The summed E-state index contributed by atoms with van der Waals surface area (Å²) in [5.41, 5.74) is 2.69. The predicted molar refractivity (Wildman–Crippen MR) is 111 cm³/mol. The summed E-state index contributed by atoms with van der Waals surface area (Å²) in [5.74, 6) is -0.344. The SMILES string of the molecule is COC(=O)c1ccc(NC(=S)N2CC[NH+](Cc3ccc(Cl)cc3)CC2)cc1. The highest BCUT2D eigenvalue weighted by atomic mass is 35.5. The number of carbonyl (C=O) groups is 1. The van der Waals surface area contributed by atoms with Crippen LogP contribution in [0, 0.1) is 0 Å². The topological polar surface area (TPSA) is 46.0 Å². The summed E-state index contributed by atoms with van der Waals surface area (Å²) in [6, 6.07) is 15.2. The van der Waals surface area contributed by atoms with Gasteiger partial charge in [0.25, 0.3) is 0 Å². The Kier molecular flexibility index (Phi) is 6.66. The Hall–Kier alpha value is -2.15. The number of methoxy groups -OCH3 is 1. The molecule has 2 aromatic carbocycles. The van der Waals surface area contributed by atoms with E-state index in [2.05, 4.69) is 22.3 Å². The first-order chi connectivity index (χ1) is 13.0. The maximum Gasteiger partial charge on any atom is 0.337 e. The van der Waals surface area contributed by atoms with Crippen LogP contribution in [0.1, 0.15) is 15.9 Å². The normalized spacial score (nSPS) is 14.7. The molecule has 1 fully saturated rings. The molecule has 0 atom stereocenters. The summed E-state index contributed by atoms with van der Waals surface area (Å²) in [7, 11) is 1.37. The zero-order valence-electron chi connectivity index (χ0n) is 15.2. The van der Waals surface area contributed by atoms with E-state index in [4.69, 9.17) is 28.6 Å². The summed E-state index contributed by atoms with van der Waals surface area (Å²) < 4.78 is 4.71. The molecule has 1 heterocycles. The fourth-order valence-electron chi connectivity index (χ4n) is 3.10. The van der Waals surface area contributed by atoms with Crippen LogP contribution in [0.5, 0.6) is 0 Å². The van der Waals surface area contributed by atoms with Crippen molar-refractivity contribution < 1.29 is 14.4 Å². The Balaban J connectivity index is 1.48. The van der Waals surface area contributed by atoms with Crippen molar-refractivity contribution in [3.05, 3.63) is 64.7 Å². The molecule has 3 rings (SSSR count). The Morgan fingerprint density at radius 3 is 2.37 bits per heavy atom. The van der Waals surface area contributed by atoms with Crippen molar-refractivity contribution in [2.45, 2.75) is 6.54 Å². The predicted octanol–water partition coefficient (Wildman–Crippen LogP) is 2.22. The lowest BCUT2D eigenvalue weighted by Crippen LogP contribution is -3.13. The lowest BCUT2D eigenvalue weighted by atomic mass is 10.2. The smallest absolute Gasteiger partial charge is 0.337 e. The van der Waals surface area contributed by atoms with Crippen LogP contribution >= 0.6 is 23.8 Å². The second-order valence-electron chi connectivity index (χ2n) is 6.54. The number of piperazine rings is 1. The highest BCUT2D eigenvalue weighted by Crippen LogP contribution is 2.12. The van der Waals surface area contributed by atoms with Crippen LogP contribution < -0.4 is 10.2 Å². The van der Waals surface area contributed by atoms with E-state index in [1.54, 1.807) is 17.0 Å². The van der Waals surface area contributed by atoms with E-state index in [0.29, 0.717) is 10.7 Å². The van der Waals surface area contributed by atoms with Gasteiger partial charge in [0, 0.05) is 16.3 Å². The Morgan fingerprint density at radius 2 is 1.78 bits per heavy atom. The number of thiocarbonyl (C=S) groups is 1. The minimum absolute atomic E-state index is 0.344. The lowest BCUT2D eigenvalue weighted by molar-refractivity contribution is -0.917. The number of rotatable bonds is 4. The quantitative estimate of drug-likeness (QED) is 0.604. The van der Waals surface area contributed by atoms with E-state index in [0.717, 1.165) is 43.4 Å². The minimum atomic E-state index is -0.344. The van der Waals surface area contributed by atoms with Crippen LogP contribution in [0.15, 0.2) is 48.5 Å². The van der Waals surface area contributed by atoms with Crippen LogP contribution in [0.2, 0.25) is 5.02 Å². The molecule has 2 N–H and O–H groups in total. The lowest BCUT2D eigenvalue weighted by Gasteiger charge is -2.34. The number of nitrogens with zero attached hydrogens (tertiary/aromatic N) is 1. The fraction of sp³-hybridized carbons (Fsp3) is 0.300. The number of esters is 1. The molecule has 1 aliphatic heterocycles. The van der Waals surface area contributed by atoms with E-state index >= 15 is 0 Å². The first kappa shape index (κ1) is 19.6. The molecule has 2 aromatic rings. The molecular formula is C20H23ClN3O2S+. The summed E-state index contributed by atoms with van der Waals surface area (Å²) in [6.45, 7) is 4.89. The molecule has 0 amide bonds. The molecule has 0 unspecified atom stereocenters. The fourth-order valence-corrected chi connectivity index (χ4v) is 3.53. The van der Waals surface area contributed by atoms with Gasteiger partial charge in [0.05, 0.1) is 38.9 Å². The average molecular weight is 405 g/mol. The molecule has 27 heavy (non-hydrogen) atoms. The summed E-state index contributed by atoms with van der Waals surface area (Å²) in [6.07, 6.45) is 0. The molecule has 0 spiro atoms. The number of anilines is 1. The third kappa shape index (κ3) is 5.42. The number of ether oxygens (including phenoxy) is 1. The highest BCUT2D eigenvalue weighted by molar-refractivity contribution is 7.80. The standard InChI is InChI=1S/C20H22ClN3O2S/c1-26-19(25)16-4-8-18(9-5-16)22-20(27)24-12-10-23(11-13-24)14-15-2-6-17(21)7-3-15/h2-9H,10-14H2,1H3,(H,22,27)/p+1. The molecular weight excluding hydrogens is 382 g/mol. The minimum Gasteiger partial charge on any atom is -0.465 e. The third-order valence-corrected chi connectivity index (χ3v) is 5.29. The molecule has 7 heteroatoms. The van der Waals surface area contributed by atoms with Crippen LogP contribution in [0.4, 0.5) is 5.69 Å². The molecule has 0 aromatic heterocycles. The number of carbonyl (C=O) groups excluding carboxylic acids is 1. The summed E-state index contributed by atoms with van der Waals surface area (Å²) in [4.78, 5) is 15.2. The molecule has 0 saturated carbocycles. The van der Waals surface area contributed by atoms with Gasteiger partial charge in [0.2, 0.25) is 0 Å². The van der Waals surface area contributed by atoms with Gasteiger partial charge < -0.3 is 19.9 Å². The number of hydrogen-bond acceptors (Lipinski definition) is 3. The van der Waals surface area contributed by atoms with E-state index < -0.39 is 0 Å². The molecule has 0 radical (unpaired) electrons. The zero-order valence-corrected chi connectivity index (χ0v) is 16.8. The number of benzene rings is 2. The number of nitrogens with one attached hydrogen (secondary N) is 2. The first-order valence-electron chi connectivity index (χ1n) is 8.87. The number of hydrogen-bond donors (Lipinski definition) is 2. The largest absolute Gasteiger partial charge is 0.465 e. The van der Waals surface area contributed by atoms with Crippen LogP contribution in [0.25, 0.3) is 0 Å². The van der Waals surface area contributed by atoms with Crippen molar-refractivity contribution in [3.63, 3.8) is 0 Å². The monoisotopic (exact) mass is 404 g/mol. The van der Waals surface area contributed by atoms with Gasteiger partial charge in [-0.1, -0.05) is 23.7 Å². The number of halogens is 1. The Morgan fingerprint density at radius 1 is 1.15 bits per heavy atom. The molecule has 0 bridgehead atoms. The van der Waals surface area contributed by atoms with E-state index in [1.165, 1.54) is 12.7 Å². The van der Waals surface area contributed by atoms with E-state index in [1.807, 2.05) is 24.3 Å². The van der Waals surface area contributed by atoms with Crippen molar-refractivity contribution >= 4 is 40.6 Å². The van der Waals surface area contributed by atoms with Crippen molar-refractivity contribution in [1.82, 2.24) is 4.90 Å². The van der Waals surface area contributed by atoms with Crippen molar-refractivity contribution in [1.29, 1.82) is 0 Å². The molecule has 142 valence electrons. The van der Waals surface area contributed by atoms with Gasteiger partial charge in [-0.15, -0.1) is 0 Å². The maximum absolute atomic E-state index is 11.5. The van der Waals surface area contributed by atoms with Crippen molar-refractivity contribution in [2.24, 2.45) is 0 Å². The molecule has 1 saturated heterocycles. The van der Waals surface area contributed by atoms with E-state index in [-0.39, 0.29) is 5.97 Å². The summed E-state index contributed by atoms with van der Waals surface area (Å²) >= 11 is 11.5. The van der Waals surface area contributed by atoms with Gasteiger partial charge in [-0.05, 0) is 48.6 Å². The average Bonchev–Trinajstić information content (AvgIpc) is 2.70. The van der Waals surface area contributed by atoms with Gasteiger partial charge in [-0.3, -0.25) is 0 Å². The van der Waals surface area contributed by atoms with Crippen molar-refractivity contribution in [2.75, 3.05) is 38.6 Å².